The van der Waals surface area contributed by atoms with E-state index in [0.717, 1.165) is 11.3 Å². The van der Waals surface area contributed by atoms with Gasteiger partial charge in [-0.3, -0.25) is 0 Å². The Kier molecular flexibility index (Phi) is 2.88. The van der Waals surface area contributed by atoms with E-state index in [0.29, 0.717) is 5.69 Å². The van der Waals surface area contributed by atoms with Crippen LogP contribution in [0.1, 0.15) is 5.56 Å². The summed E-state index contributed by atoms with van der Waals surface area (Å²) in [7, 11) is 0. The molecule has 2 heteroatoms. The van der Waals surface area contributed by atoms with E-state index in [4.69, 9.17) is 6.42 Å². The molecule has 0 heterocycles. The third-order valence-electron chi connectivity index (χ3n) is 2.14. The van der Waals surface area contributed by atoms with E-state index in [-0.39, 0.29) is 5.82 Å². The molecule has 0 bridgehead atoms. The number of halogens is 1. The number of rotatable bonds is 2. The van der Waals surface area contributed by atoms with Crippen LogP contribution in [0.25, 0.3) is 0 Å². The van der Waals surface area contributed by atoms with Crippen molar-refractivity contribution >= 4 is 11.4 Å². The number of benzene rings is 2. The van der Waals surface area contributed by atoms with Gasteiger partial charge in [-0.25, -0.2) is 4.39 Å². The molecule has 0 spiro atoms. The first kappa shape index (κ1) is 10.3. The van der Waals surface area contributed by atoms with Gasteiger partial charge in [-0.15, -0.1) is 6.42 Å². The zero-order valence-corrected chi connectivity index (χ0v) is 8.57. The summed E-state index contributed by atoms with van der Waals surface area (Å²) in [5, 5.41) is 3.08. The van der Waals surface area contributed by atoms with Crippen LogP contribution in [0.3, 0.4) is 0 Å². The summed E-state index contributed by atoms with van der Waals surface area (Å²) in [5.41, 5.74) is 2.34. The maximum Gasteiger partial charge on any atom is 0.125 e. The van der Waals surface area contributed by atoms with E-state index in [2.05, 4.69) is 11.2 Å². The maximum atomic E-state index is 12.9. The zero-order valence-electron chi connectivity index (χ0n) is 8.57. The quantitative estimate of drug-likeness (QED) is 0.749. The number of terminal acetylenes is 1. The van der Waals surface area contributed by atoms with Crippen molar-refractivity contribution in [2.45, 2.75) is 0 Å². The Morgan fingerprint density at radius 1 is 1.00 bits per heavy atom. The van der Waals surface area contributed by atoms with Gasteiger partial charge >= 0.3 is 0 Å². The van der Waals surface area contributed by atoms with Crippen molar-refractivity contribution in [2.24, 2.45) is 0 Å². The highest BCUT2D eigenvalue weighted by molar-refractivity contribution is 5.61. The van der Waals surface area contributed by atoms with Crippen LogP contribution in [-0.2, 0) is 0 Å². The van der Waals surface area contributed by atoms with Crippen molar-refractivity contribution < 1.29 is 4.39 Å². The van der Waals surface area contributed by atoms with Crippen molar-refractivity contribution in [3.63, 3.8) is 0 Å². The first-order chi connectivity index (χ1) is 7.78. The Labute approximate surface area is 93.9 Å². The molecule has 1 N–H and O–H groups in total. The minimum absolute atomic E-state index is 0.266. The molecule has 2 aromatic carbocycles. The smallest absolute Gasteiger partial charge is 0.125 e. The van der Waals surface area contributed by atoms with Crippen LogP contribution in [0.5, 0.6) is 0 Å². The third kappa shape index (κ3) is 2.40. The molecule has 78 valence electrons. The SMILES string of the molecule is C#Cc1cccc(Nc2cccc(F)c2)c1. The average Bonchev–Trinajstić information content (AvgIpc) is 2.29. The molecule has 0 aromatic heterocycles. The third-order valence-corrected chi connectivity index (χ3v) is 2.14. The predicted octanol–water partition coefficient (Wildman–Crippen LogP) is 3.55. The van der Waals surface area contributed by atoms with Gasteiger partial charge in [0.15, 0.2) is 0 Å². The number of anilines is 2. The Hall–Kier alpha value is -2.27. The van der Waals surface area contributed by atoms with E-state index in [1.807, 2.05) is 24.3 Å². The summed E-state index contributed by atoms with van der Waals surface area (Å²) in [6.45, 7) is 0. The van der Waals surface area contributed by atoms with Crippen molar-refractivity contribution in [3.05, 3.63) is 59.9 Å². The lowest BCUT2D eigenvalue weighted by molar-refractivity contribution is 0.628. The molecule has 1 nitrogen and oxygen atoms in total. The van der Waals surface area contributed by atoms with Gasteiger partial charge in [0, 0.05) is 16.9 Å². The molecule has 2 aromatic rings. The number of hydrogen-bond donors (Lipinski definition) is 1. The van der Waals surface area contributed by atoms with Gasteiger partial charge in [0.25, 0.3) is 0 Å². The van der Waals surface area contributed by atoms with Gasteiger partial charge < -0.3 is 5.32 Å². The van der Waals surface area contributed by atoms with E-state index in [9.17, 15) is 4.39 Å². The Balaban J connectivity index is 2.24. The lowest BCUT2D eigenvalue weighted by Crippen LogP contribution is -1.91. The summed E-state index contributed by atoms with van der Waals surface area (Å²) < 4.78 is 12.9. The Morgan fingerprint density at radius 3 is 2.38 bits per heavy atom. The topological polar surface area (TPSA) is 12.0 Å². The average molecular weight is 211 g/mol. The first-order valence-electron chi connectivity index (χ1n) is 4.87. The summed E-state index contributed by atoms with van der Waals surface area (Å²) in [6, 6.07) is 13.7. The molecular weight excluding hydrogens is 201 g/mol. The van der Waals surface area contributed by atoms with E-state index >= 15 is 0 Å². The lowest BCUT2D eigenvalue weighted by atomic mass is 10.2. The van der Waals surface area contributed by atoms with Gasteiger partial charge in [-0.2, -0.15) is 0 Å². The molecule has 16 heavy (non-hydrogen) atoms. The van der Waals surface area contributed by atoms with Crippen LogP contribution in [0.4, 0.5) is 15.8 Å². The molecule has 0 fully saturated rings. The van der Waals surface area contributed by atoms with Crippen LogP contribution in [0, 0.1) is 18.2 Å². The molecule has 0 aliphatic rings. The maximum absolute atomic E-state index is 12.9. The van der Waals surface area contributed by atoms with Crippen LogP contribution in [-0.4, -0.2) is 0 Å². The fraction of sp³-hybridized carbons (Fsp3) is 0. The molecule has 0 amide bonds. The molecule has 0 saturated heterocycles. The molecule has 2 rings (SSSR count). The highest BCUT2D eigenvalue weighted by Gasteiger charge is 1.96. The Bertz CT molecular complexity index is 540. The normalized spacial score (nSPS) is 9.50. The molecule has 0 saturated carbocycles. The second kappa shape index (κ2) is 4.50. The fourth-order valence-corrected chi connectivity index (χ4v) is 1.42. The van der Waals surface area contributed by atoms with Crippen molar-refractivity contribution in [1.82, 2.24) is 0 Å². The van der Waals surface area contributed by atoms with Crippen molar-refractivity contribution in [2.75, 3.05) is 5.32 Å². The summed E-state index contributed by atoms with van der Waals surface area (Å²) >= 11 is 0. The van der Waals surface area contributed by atoms with Gasteiger partial charge in [-0.1, -0.05) is 18.1 Å². The van der Waals surface area contributed by atoms with Gasteiger partial charge in [0.05, 0.1) is 0 Å². The van der Waals surface area contributed by atoms with Crippen molar-refractivity contribution in [3.8, 4) is 12.3 Å². The fourth-order valence-electron chi connectivity index (χ4n) is 1.42. The van der Waals surface area contributed by atoms with Crippen LogP contribution in [0.15, 0.2) is 48.5 Å². The Morgan fingerprint density at radius 2 is 1.69 bits per heavy atom. The van der Waals surface area contributed by atoms with Crippen LogP contribution in [0.2, 0.25) is 0 Å². The monoisotopic (exact) mass is 211 g/mol. The van der Waals surface area contributed by atoms with Crippen molar-refractivity contribution in [1.29, 1.82) is 0 Å². The second-order valence-corrected chi connectivity index (χ2v) is 3.36. The van der Waals surface area contributed by atoms with E-state index in [1.165, 1.54) is 12.1 Å². The number of nitrogens with one attached hydrogen (secondary N) is 1. The van der Waals surface area contributed by atoms with Crippen LogP contribution >= 0.6 is 0 Å². The second-order valence-electron chi connectivity index (χ2n) is 3.36. The highest BCUT2D eigenvalue weighted by Crippen LogP contribution is 2.17. The molecular formula is C14H10FN. The molecule has 0 aliphatic carbocycles. The predicted molar refractivity (Wildman–Crippen MR) is 64.1 cm³/mol. The minimum Gasteiger partial charge on any atom is -0.355 e. The van der Waals surface area contributed by atoms with Gasteiger partial charge in [-0.05, 0) is 36.4 Å². The highest BCUT2D eigenvalue weighted by atomic mass is 19.1. The largest absolute Gasteiger partial charge is 0.355 e. The van der Waals surface area contributed by atoms with Crippen LogP contribution < -0.4 is 5.32 Å². The van der Waals surface area contributed by atoms with E-state index < -0.39 is 0 Å². The standard InChI is InChI=1S/C14H10FN/c1-2-11-5-3-7-13(9-11)16-14-8-4-6-12(15)10-14/h1,3-10,16H. The number of hydrogen-bond acceptors (Lipinski definition) is 1. The zero-order chi connectivity index (χ0) is 11.4. The summed E-state index contributed by atoms with van der Waals surface area (Å²) in [4.78, 5) is 0. The first-order valence-corrected chi connectivity index (χ1v) is 4.87. The lowest BCUT2D eigenvalue weighted by Gasteiger charge is -2.06. The van der Waals surface area contributed by atoms with E-state index in [1.54, 1.807) is 12.1 Å². The van der Waals surface area contributed by atoms with Gasteiger partial charge in [0.2, 0.25) is 0 Å². The summed E-state index contributed by atoms with van der Waals surface area (Å²) in [5.74, 6) is 2.28. The molecule has 0 atom stereocenters. The van der Waals surface area contributed by atoms with Gasteiger partial charge in [0.1, 0.15) is 5.82 Å². The molecule has 0 unspecified atom stereocenters. The summed E-state index contributed by atoms with van der Waals surface area (Å²) in [6.07, 6.45) is 5.30. The molecule has 0 radical (unpaired) electrons. The molecule has 0 aliphatic heterocycles. The minimum atomic E-state index is -0.266.